The molecule has 1 saturated heterocycles. The van der Waals surface area contributed by atoms with Crippen LogP contribution in [-0.4, -0.2) is 42.7 Å². The number of hydrogen-bond acceptors (Lipinski definition) is 3. The van der Waals surface area contributed by atoms with E-state index in [1.807, 2.05) is 42.5 Å². The third kappa shape index (κ3) is 3.64. The molecule has 1 aliphatic heterocycles. The Morgan fingerprint density at radius 3 is 2.18 bits per heavy atom. The molecule has 3 rings (SSSR count). The number of piperazine rings is 1. The fourth-order valence-corrected chi connectivity index (χ4v) is 2.87. The maximum atomic E-state index is 13.0. The molecule has 1 N–H and O–H groups in total. The molecule has 3 nitrogen and oxygen atoms in total. The number of benzene rings is 2. The predicted octanol–water partition coefficient (Wildman–Crippen LogP) is 2.68. The van der Waals surface area contributed by atoms with Crippen LogP contribution in [-0.2, 0) is 0 Å². The molecule has 2 aromatic carbocycles. The van der Waals surface area contributed by atoms with Crippen molar-refractivity contribution in [2.24, 2.45) is 0 Å². The summed E-state index contributed by atoms with van der Waals surface area (Å²) >= 11 is 0. The SMILES string of the molecule is O[C@H](CN1CCN(c2ccc(F)cc2)CC1)c1ccccc1. The summed E-state index contributed by atoms with van der Waals surface area (Å²) in [4.78, 5) is 4.53. The summed E-state index contributed by atoms with van der Waals surface area (Å²) in [5.74, 6) is -0.201. The molecule has 0 amide bonds. The van der Waals surface area contributed by atoms with Gasteiger partial charge in [0.25, 0.3) is 0 Å². The quantitative estimate of drug-likeness (QED) is 0.940. The Hall–Kier alpha value is -1.91. The van der Waals surface area contributed by atoms with Crippen molar-refractivity contribution in [2.45, 2.75) is 6.10 Å². The van der Waals surface area contributed by atoms with Gasteiger partial charge in [0.1, 0.15) is 5.82 Å². The summed E-state index contributed by atoms with van der Waals surface area (Å²) in [5, 5.41) is 10.3. The molecule has 116 valence electrons. The Morgan fingerprint density at radius 2 is 1.55 bits per heavy atom. The van der Waals surface area contributed by atoms with Crippen LogP contribution in [0.15, 0.2) is 54.6 Å². The molecule has 1 atom stereocenters. The van der Waals surface area contributed by atoms with E-state index in [9.17, 15) is 9.50 Å². The molecule has 1 aliphatic rings. The molecule has 0 radical (unpaired) electrons. The smallest absolute Gasteiger partial charge is 0.123 e. The van der Waals surface area contributed by atoms with Crippen LogP contribution in [0.5, 0.6) is 0 Å². The zero-order valence-electron chi connectivity index (χ0n) is 12.5. The van der Waals surface area contributed by atoms with Crippen molar-refractivity contribution >= 4 is 5.69 Å². The molecule has 0 aliphatic carbocycles. The number of rotatable bonds is 4. The Balaban J connectivity index is 1.52. The zero-order chi connectivity index (χ0) is 15.4. The molecular formula is C18H21FN2O. The van der Waals surface area contributed by atoms with Gasteiger partial charge in [-0.15, -0.1) is 0 Å². The van der Waals surface area contributed by atoms with Crippen molar-refractivity contribution in [1.82, 2.24) is 4.90 Å². The molecule has 0 bridgehead atoms. The normalized spacial score (nSPS) is 17.5. The minimum atomic E-state index is -0.446. The van der Waals surface area contributed by atoms with E-state index in [2.05, 4.69) is 9.80 Å². The van der Waals surface area contributed by atoms with Crippen molar-refractivity contribution in [1.29, 1.82) is 0 Å². The minimum absolute atomic E-state index is 0.201. The lowest BCUT2D eigenvalue weighted by Gasteiger charge is -2.37. The van der Waals surface area contributed by atoms with Crippen LogP contribution in [0.1, 0.15) is 11.7 Å². The van der Waals surface area contributed by atoms with E-state index in [4.69, 9.17) is 0 Å². The molecule has 0 aromatic heterocycles. The highest BCUT2D eigenvalue weighted by atomic mass is 19.1. The van der Waals surface area contributed by atoms with E-state index in [1.54, 1.807) is 0 Å². The maximum Gasteiger partial charge on any atom is 0.123 e. The van der Waals surface area contributed by atoms with Crippen molar-refractivity contribution < 1.29 is 9.50 Å². The summed E-state index contributed by atoms with van der Waals surface area (Å²) in [6.45, 7) is 4.25. The van der Waals surface area contributed by atoms with Gasteiger partial charge < -0.3 is 10.0 Å². The highest BCUT2D eigenvalue weighted by Gasteiger charge is 2.20. The van der Waals surface area contributed by atoms with Crippen LogP contribution in [0.25, 0.3) is 0 Å². The first-order valence-corrected chi connectivity index (χ1v) is 7.68. The molecule has 0 spiro atoms. The van der Waals surface area contributed by atoms with Gasteiger partial charge >= 0.3 is 0 Å². The molecular weight excluding hydrogens is 279 g/mol. The van der Waals surface area contributed by atoms with Crippen LogP contribution >= 0.6 is 0 Å². The van der Waals surface area contributed by atoms with Gasteiger partial charge in [-0.3, -0.25) is 4.90 Å². The number of halogens is 1. The van der Waals surface area contributed by atoms with E-state index < -0.39 is 6.10 Å². The van der Waals surface area contributed by atoms with E-state index in [-0.39, 0.29) is 5.82 Å². The molecule has 22 heavy (non-hydrogen) atoms. The van der Waals surface area contributed by atoms with Crippen molar-refractivity contribution in [3.8, 4) is 0 Å². The molecule has 0 saturated carbocycles. The first kappa shape index (κ1) is 15.0. The minimum Gasteiger partial charge on any atom is -0.387 e. The molecule has 0 unspecified atom stereocenters. The van der Waals surface area contributed by atoms with Crippen LogP contribution in [0, 0.1) is 5.82 Å². The second kappa shape index (κ2) is 6.90. The topological polar surface area (TPSA) is 26.7 Å². The lowest BCUT2D eigenvalue weighted by atomic mass is 10.1. The van der Waals surface area contributed by atoms with E-state index in [0.29, 0.717) is 6.54 Å². The third-order valence-electron chi connectivity index (χ3n) is 4.18. The van der Waals surface area contributed by atoms with Gasteiger partial charge in [-0.1, -0.05) is 30.3 Å². The molecule has 2 aromatic rings. The Morgan fingerprint density at radius 1 is 0.909 bits per heavy atom. The molecule has 4 heteroatoms. The highest BCUT2D eigenvalue weighted by Crippen LogP contribution is 2.19. The monoisotopic (exact) mass is 300 g/mol. The Bertz CT molecular complexity index is 580. The predicted molar refractivity (Wildman–Crippen MR) is 86.5 cm³/mol. The fraction of sp³-hybridized carbons (Fsp3) is 0.333. The summed E-state index contributed by atoms with van der Waals surface area (Å²) in [6, 6.07) is 16.4. The summed E-state index contributed by atoms with van der Waals surface area (Å²) < 4.78 is 13.0. The Kier molecular flexibility index (Phi) is 4.71. The number of nitrogens with zero attached hydrogens (tertiary/aromatic N) is 2. The van der Waals surface area contributed by atoms with Crippen LogP contribution in [0.4, 0.5) is 10.1 Å². The number of aliphatic hydroxyl groups is 1. The van der Waals surface area contributed by atoms with Crippen molar-refractivity contribution in [3.05, 3.63) is 66.0 Å². The second-order valence-electron chi connectivity index (χ2n) is 5.69. The summed E-state index contributed by atoms with van der Waals surface area (Å²) in [6.07, 6.45) is -0.446. The van der Waals surface area contributed by atoms with Gasteiger partial charge in [0, 0.05) is 38.4 Å². The third-order valence-corrected chi connectivity index (χ3v) is 4.18. The van der Waals surface area contributed by atoms with Gasteiger partial charge in [0.05, 0.1) is 6.10 Å². The van der Waals surface area contributed by atoms with Crippen LogP contribution in [0.3, 0.4) is 0 Å². The average Bonchev–Trinajstić information content (AvgIpc) is 2.57. The number of anilines is 1. The van der Waals surface area contributed by atoms with Gasteiger partial charge in [-0.05, 0) is 29.8 Å². The van der Waals surface area contributed by atoms with E-state index >= 15 is 0 Å². The van der Waals surface area contributed by atoms with Crippen LogP contribution < -0.4 is 4.90 Å². The lowest BCUT2D eigenvalue weighted by molar-refractivity contribution is 0.109. The van der Waals surface area contributed by atoms with Crippen LogP contribution in [0.2, 0.25) is 0 Å². The van der Waals surface area contributed by atoms with Gasteiger partial charge in [-0.25, -0.2) is 4.39 Å². The molecule has 1 heterocycles. The van der Waals surface area contributed by atoms with Crippen molar-refractivity contribution in [3.63, 3.8) is 0 Å². The molecule has 1 fully saturated rings. The first-order chi connectivity index (χ1) is 10.7. The number of aliphatic hydroxyl groups excluding tert-OH is 1. The summed E-state index contributed by atoms with van der Waals surface area (Å²) in [7, 11) is 0. The average molecular weight is 300 g/mol. The Labute approximate surface area is 130 Å². The largest absolute Gasteiger partial charge is 0.387 e. The van der Waals surface area contributed by atoms with E-state index in [0.717, 1.165) is 37.4 Å². The number of hydrogen-bond donors (Lipinski definition) is 1. The maximum absolute atomic E-state index is 13.0. The standard InChI is InChI=1S/C18H21FN2O/c19-16-6-8-17(9-7-16)21-12-10-20(11-13-21)14-18(22)15-4-2-1-3-5-15/h1-9,18,22H,10-14H2/t18-/m1/s1. The second-order valence-corrected chi connectivity index (χ2v) is 5.69. The fourth-order valence-electron chi connectivity index (χ4n) is 2.87. The first-order valence-electron chi connectivity index (χ1n) is 7.68. The van der Waals surface area contributed by atoms with E-state index in [1.165, 1.54) is 12.1 Å². The zero-order valence-corrected chi connectivity index (χ0v) is 12.5. The summed E-state index contributed by atoms with van der Waals surface area (Å²) in [5.41, 5.74) is 2.02. The highest BCUT2D eigenvalue weighted by molar-refractivity contribution is 5.46. The number of β-amino-alcohol motifs (C(OH)–C–C–N with tert-alkyl or cyclic N) is 1. The van der Waals surface area contributed by atoms with Gasteiger partial charge in [-0.2, -0.15) is 0 Å². The lowest BCUT2D eigenvalue weighted by Crippen LogP contribution is -2.47. The van der Waals surface area contributed by atoms with Gasteiger partial charge in [0.2, 0.25) is 0 Å². The van der Waals surface area contributed by atoms with Gasteiger partial charge in [0.15, 0.2) is 0 Å². The van der Waals surface area contributed by atoms with Crippen molar-refractivity contribution in [2.75, 3.05) is 37.6 Å².